The van der Waals surface area contributed by atoms with Crippen molar-refractivity contribution in [3.05, 3.63) is 66.0 Å². The van der Waals surface area contributed by atoms with Crippen molar-refractivity contribution in [2.75, 3.05) is 6.61 Å². The molecule has 1 aliphatic rings. The summed E-state index contributed by atoms with van der Waals surface area (Å²) in [5.41, 5.74) is 5.22. The third-order valence-electron chi connectivity index (χ3n) is 4.48. The molecule has 0 radical (unpaired) electrons. The molecule has 1 amide bonds. The number of nitrogens with zero attached hydrogens (tertiary/aromatic N) is 1. The number of aliphatic hydroxyl groups is 2. The molecule has 27 heavy (non-hydrogen) atoms. The van der Waals surface area contributed by atoms with E-state index in [0.717, 1.165) is 0 Å². The Morgan fingerprint density at radius 2 is 1.78 bits per heavy atom. The van der Waals surface area contributed by atoms with Gasteiger partial charge in [-0.15, -0.1) is 0 Å². The predicted octanol–water partition coefficient (Wildman–Crippen LogP) is 2.26. The van der Waals surface area contributed by atoms with Crippen molar-refractivity contribution in [1.29, 1.82) is 0 Å². The Morgan fingerprint density at radius 3 is 2.33 bits per heavy atom. The average Bonchev–Trinajstić information content (AvgIpc) is 2.69. The van der Waals surface area contributed by atoms with E-state index >= 15 is 0 Å². The molecule has 2 atom stereocenters. The normalized spacial score (nSPS) is 20.0. The average molecular weight is 370 g/mol. The van der Waals surface area contributed by atoms with Crippen LogP contribution in [0.1, 0.15) is 12.0 Å². The molecule has 6 nitrogen and oxygen atoms in total. The number of aliphatic imine (C=N–C) groups is 1. The lowest BCUT2D eigenvalue weighted by Gasteiger charge is -2.32. The van der Waals surface area contributed by atoms with E-state index in [9.17, 15) is 19.4 Å². The van der Waals surface area contributed by atoms with Gasteiger partial charge in [0.15, 0.2) is 0 Å². The zero-order valence-corrected chi connectivity index (χ0v) is 14.4. The number of hydrogen-bond donors (Lipinski definition) is 3. The summed E-state index contributed by atoms with van der Waals surface area (Å²) in [6, 6.07) is 12.6. The molecule has 1 heterocycles. The molecule has 2 aromatic rings. The van der Waals surface area contributed by atoms with E-state index < -0.39 is 24.0 Å². The van der Waals surface area contributed by atoms with Crippen molar-refractivity contribution in [2.45, 2.75) is 12.5 Å². The van der Waals surface area contributed by atoms with Crippen LogP contribution in [0.2, 0.25) is 0 Å². The third kappa shape index (κ3) is 3.89. The number of rotatable bonds is 6. The molecule has 0 bridgehead atoms. The highest BCUT2D eigenvalue weighted by Crippen LogP contribution is 2.36. The van der Waals surface area contributed by atoms with Gasteiger partial charge in [0.1, 0.15) is 22.7 Å². The van der Waals surface area contributed by atoms with Crippen molar-refractivity contribution in [3.63, 3.8) is 0 Å². The summed E-state index contributed by atoms with van der Waals surface area (Å²) in [6.07, 6.45) is 1.78. The Kier molecular flexibility index (Phi) is 5.34. The molecule has 0 spiro atoms. The monoisotopic (exact) mass is 370 g/mol. The number of aliphatic hydroxyl groups excluding tert-OH is 2. The topological polar surface area (TPSA) is 105 Å². The van der Waals surface area contributed by atoms with Gasteiger partial charge < -0.3 is 20.7 Å². The van der Waals surface area contributed by atoms with Crippen molar-refractivity contribution in [3.8, 4) is 11.5 Å². The number of halogens is 1. The Balaban J connectivity index is 1.84. The van der Waals surface area contributed by atoms with Gasteiger partial charge in [-0.3, -0.25) is 9.79 Å². The molecule has 0 saturated carbocycles. The first-order chi connectivity index (χ1) is 12.9. The largest absolute Gasteiger partial charge is 0.457 e. The maximum atomic E-state index is 12.9. The first-order valence-electron chi connectivity index (χ1n) is 8.33. The summed E-state index contributed by atoms with van der Waals surface area (Å²) < 4.78 is 18.6. The molecule has 2 aromatic carbocycles. The summed E-state index contributed by atoms with van der Waals surface area (Å²) in [7, 11) is 0. The standard InChI is InChI=1S/C20H19FN2O4/c21-14-3-7-16(8-4-14)27-15-5-1-13(2-6-15)17-11-20(19(22)26,9-10-23-17)18(25)12-24/h1-8,10-11,18,24-25H,9,12H2,(H2,22,26)/t18?,20-/m1/s1. The van der Waals surface area contributed by atoms with Gasteiger partial charge in [0.25, 0.3) is 0 Å². The lowest BCUT2D eigenvalue weighted by molar-refractivity contribution is -0.131. The van der Waals surface area contributed by atoms with Crippen molar-refractivity contribution in [2.24, 2.45) is 16.1 Å². The van der Waals surface area contributed by atoms with Gasteiger partial charge in [-0.05, 0) is 54.6 Å². The summed E-state index contributed by atoms with van der Waals surface area (Å²) in [5.74, 6) is -0.0352. The van der Waals surface area contributed by atoms with Gasteiger partial charge >= 0.3 is 0 Å². The van der Waals surface area contributed by atoms with E-state index in [4.69, 9.17) is 10.5 Å². The van der Waals surface area contributed by atoms with Crippen LogP contribution < -0.4 is 10.5 Å². The minimum Gasteiger partial charge on any atom is -0.457 e. The number of carbonyl (C=O) groups excluding carboxylic acids is 1. The second-order valence-electron chi connectivity index (χ2n) is 6.23. The lowest BCUT2D eigenvalue weighted by atomic mass is 9.76. The Hall–Kier alpha value is -3.03. The maximum absolute atomic E-state index is 12.9. The molecular weight excluding hydrogens is 351 g/mol. The minimum atomic E-state index is -1.41. The smallest absolute Gasteiger partial charge is 0.230 e. The van der Waals surface area contributed by atoms with E-state index in [2.05, 4.69) is 4.99 Å². The Labute approximate surface area is 155 Å². The second-order valence-corrected chi connectivity index (χ2v) is 6.23. The van der Waals surface area contributed by atoms with E-state index in [-0.39, 0.29) is 12.2 Å². The van der Waals surface area contributed by atoms with Crippen molar-refractivity contribution < 1.29 is 24.1 Å². The fourth-order valence-corrected chi connectivity index (χ4v) is 2.86. The molecule has 140 valence electrons. The van der Waals surface area contributed by atoms with Gasteiger partial charge in [0, 0.05) is 18.2 Å². The van der Waals surface area contributed by atoms with Gasteiger partial charge in [-0.25, -0.2) is 4.39 Å². The van der Waals surface area contributed by atoms with Crippen LogP contribution in [0.4, 0.5) is 4.39 Å². The number of hydrogen-bond acceptors (Lipinski definition) is 5. The second kappa shape index (κ2) is 7.69. The first-order valence-corrected chi connectivity index (χ1v) is 8.33. The van der Waals surface area contributed by atoms with Crippen molar-refractivity contribution in [1.82, 2.24) is 0 Å². The van der Waals surface area contributed by atoms with Crippen LogP contribution in [0.3, 0.4) is 0 Å². The molecular formula is C20H19FN2O4. The summed E-state index contributed by atoms with van der Waals surface area (Å²) in [6.45, 7) is -0.592. The van der Waals surface area contributed by atoms with Crippen molar-refractivity contribution >= 4 is 17.8 Å². The first kappa shape index (κ1) is 18.8. The van der Waals surface area contributed by atoms with Gasteiger partial charge in [-0.1, -0.05) is 0 Å². The SMILES string of the molecule is NC(=O)[C@@]1(C(O)CO)C=C(c2ccc(Oc3ccc(F)cc3)cc2)N=CC1. The maximum Gasteiger partial charge on any atom is 0.230 e. The van der Waals surface area contributed by atoms with Crippen LogP contribution in [0.25, 0.3) is 5.70 Å². The van der Waals surface area contributed by atoms with Crippen LogP contribution >= 0.6 is 0 Å². The molecule has 0 aliphatic carbocycles. The van der Waals surface area contributed by atoms with Crippen LogP contribution in [0.5, 0.6) is 11.5 Å². The fourth-order valence-electron chi connectivity index (χ4n) is 2.86. The highest BCUT2D eigenvalue weighted by Gasteiger charge is 2.42. The summed E-state index contributed by atoms with van der Waals surface area (Å²) in [5, 5.41) is 19.4. The molecule has 0 aromatic heterocycles. The Morgan fingerprint density at radius 1 is 1.19 bits per heavy atom. The number of benzene rings is 2. The summed E-state index contributed by atoms with van der Waals surface area (Å²) in [4.78, 5) is 16.2. The quantitative estimate of drug-likeness (QED) is 0.725. The summed E-state index contributed by atoms with van der Waals surface area (Å²) >= 11 is 0. The van der Waals surface area contributed by atoms with E-state index in [0.29, 0.717) is 22.8 Å². The predicted molar refractivity (Wildman–Crippen MR) is 98.7 cm³/mol. The van der Waals surface area contributed by atoms with Crippen LogP contribution in [-0.4, -0.2) is 35.0 Å². The number of amides is 1. The van der Waals surface area contributed by atoms with Gasteiger partial charge in [0.05, 0.1) is 18.4 Å². The zero-order chi connectivity index (χ0) is 19.4. The zero-order valence-electron chi connectivity index (χ0n) is 14.4. The van der Waals surface area contributed by atoms with Gasteiger partial charge in [-0.2, -0.15) is 0 Å². The number of nitrogens with two attached hydrogens (primary N) is 1. The lowest BCUT2D eigenvalue weighted by Crippen LogP contribution is -2.48. The molecule has 3 rings (SSSR count). The molecule has 7 heteroatoms. The number of ether oxygens (including phenoxy) is 1. The minimum absolute atomic E-state index is 0.110. The highest BCUT2D eigenvalue weighted by molar-refractivity contribution is 5.92. The third-order valence-corrected chi connectivity index (χ3v) is 4.48. The van der Waals surface area contributed by atoms with Crippen LogP contribution in [0, 0.1) is 11.2 Å². The van der Waals surface area contributed by atoms with E-state index in [1.165, 1.54) is 36.6 Å². The molecule has 0 saturated heterocycles. The van der Waals surface area contributed by atoms with Crippen LogP contribution in [0.15, 0.2) is 59.6 Å². The van der Waals surface area contributed by atoms with Crippen LogP contribution in [-0.2, 0) is 4.79 Å². The fraction of sp³-hybridized carbons (Fsp3) is 0.200. The van der Waals surface area contributed by atoms with E-state index in [1.807, 2.05) is 0 Å². The molecule has 4 N–H and O–H groups in total. The molecule has 1 aliphatic heterocycles. The molecule has 1 unspecified atom stereocenters. The molecule has 0 fully saturated rings. The highest BCUT2D eigenvalue weighted by atomic mass is 19.1. The van der Waals surface area contributed by atoms with Gasteiger partial charge in [0.2, 0.25) is 5.91 Å². The van der Waals surface area contributed by atoms with E-state index in [1.54, 1.807) is 24.3 Å². The number of primary amides is 1. The number of carbonyl (C=O) groups is 1. The Bertz CT molecular complexity index is 878.